The van der Waals surface area contributed by atoms with Crippen molar-refractivity contribution in [1.82, 2.24) is 8.75 Å². The van der Waals surface area contributed by atoms with Gasteiger partial charge in [-0.05, 0) is 17.7 Å². The van der Waals surface area contributed by atoms with Crippen molar-refractivity contribution >= 4 is 29.1 Å². The van der Waals surface area contributed by atoms with Gasteiger partial charge >= 0.3 is 0 Å². The summed E-state index contributed by atoms with van der Waals surface area (Å²) >= 11 is 6.77. The first-order chi connectivity index (χ1) is 7.25. The van der Waals surface area contributed by atoms with Crippen molar-refractivity contribution in [3.8, 4) is 0 Å². The summed E-state index contributed by atoms with van der Waals surface area (Å²) in [4.78, 5) is 0. The molecule has 1 N–H and O–H groups in total. The molecule has 0 fully saturated rings. The molecule has 0 saturated heterocycles. The Labute approximate surface area is 95.2 Å². The average molecular weight is 244 g/mol. The highest BCUT2D eigenvalue weighted by Crippen LogP contribution is 2.18. The molecule has 0 bridgehead atoms. The second kappa shape index (κ2) is 4.55. The zero-order valence-corrected chi connectivity index (χ0v) is 9.15. The van der Waals surface area contributed by atoms with Crippen LogP contribution in [0, 0.1) is 5.82 Å². The highest BCUT2D eigenvalue weighted by Gasteiger charge is 2.04. The van der Waals surface area contributed by atoms with Crippen LogP contribution < -0.4 is 5.32 Å². The molecule has 0 radical (unpaired) electrons. The van der Waals surface area contributed by atoms with Gasteiger partial charge in [0, 0.05) is 6.54 Å². The lowest BCUT2D eigenvalue weighted by Gasteiger charge is -2.02. The molecule has 2 rings (SSSR count). The molecular formula is C9H7ClFN3S. The first-order valence-electron chi connectivity index (χ1n) is 4.22. The molecule has 2 aromatic rings. The Bertz CT molecular complexity index is 460. The van der Waals surface area contributed by atoms with Gasteiger partial charge in [0.25, 0.3) is 0 Å². The van der Waals surface area contributed by atoms with Gasteiger partial charge in [-0.3, -0.25) is 0 Å². The molecule has 0 spiro atoms. The van der Waals surface area contributed by atoms with Gasteiger partial charge in [-0.15, -0.1) is 0 Å². The number of aromatic nitrogens is 2. The van der Waals surface area contributed by atoms with Crippen LogP contribution in [-0.2, 0) is 6.54 Å². The molecule has 0 aliphatic rings. The summed E-state index contributed by atoms with van der Waals surface area (Å²) in [6.07, 6.45) is 0. The maximum atomic E-state index is 12.8. The predicted octanol–water partition coefficient (Wildman–Crippen LogP) is 2.94. The summed E-state index contributed by atoms with van der Waals surface area (Å²) < 4.78 is 20.6. The fourth-order valence-electron chi connectivity index (χ4n) is 1.12. The molecule has 1 heterocycles. The number of nitrogens with zero attached hydrogens (tertiary/aromatic N) is 2. The second-order valence-corrected chi connectivity index (χ2v) is 3.77. The van der Waals surface area contributed by atoms with Crippen LogP contribution in [0.2, 0.25) is 5.15 Å². The van der Waals surface area contributed by atoms with Crippen molar-refractivity contribution < 1.29 is 4.39 Å². The molecular weight excluding hydrogens is 237 g/mol. The van der Waals surface area contributed by atoms with E-state index in [0.717, 1.165) is 17.3 Å². The first-order valence-corrected chi connectivity index (χ1v) is 5.33. The Balaban J connectivity index is 2.02. The second-order valence-electron chi connectivity index (χ2n) is 2.89. The Morgan fingerprint density at radius 2 is 2.27 bits per heavy atom. The van der Waals surface area contributed by atoms with E-state index < -0.39 is 0 Å². The van der Waals surface area contributed by atoms with E-state index in [1.54, 1.807) is 6.07 Å². The van der Waals surface area contributed by atoms with Crippen molar-refractivity contribution in [3.63, 3.8) is 0 Å². The third kappa shape index (κ3) is 2.64. The Hall–Kier alpha value is -1.20. The number of anilines is 1. The highest BCUT2D eigenvalue weighted by molar-refractivity contribution is 6.99. The molecule has 6 heteroatoms. The third-order valence-electron chi connectivity index (χ3n) is 1.80. The van der Waals surface area contributed by atoms with Gasteiger partial charge in [0.2, 0.25) is 0 Å². The Morgan fingerprint density at radius 1 is 1.40 bits per heavy atom. The molecule has 0 saturated carbocycles. The molecule has 1 aromatic carbocycles. The lowest BCUT2D eigenvalue weighted by Crippen LogP contribution is -2.00. The van der Waals surface area contributed by atoms with Gasteiger partial charge in [-0.1, -0.05) is 23.7 Å². The minimum atomic E-state index is -0.253. The van der Waals surface area contributed by atoms with Gasteiger partial charge in [0.15, 0.2) is 11.0 Å². The van der Waals surface area contributed by atoms with E-state index in [1.165, 1.54) is 12.1 Å². The van der Waals surface area contributed by atoms with Crippen LogP contribution in [0.25, 0.3) is 0 Å². The smallest absolute Gasteiger partial charge is 0.186 e. The quantitative estimate of drug-likeness (QED) is 0.901. The largest absolute Gasteiger partial charge is 0.363 e. The lowest BCUT2D eigenvalue weighted by molar-refractivity contribution is 0.626. The summed E-state index contributed by atoms with van der Waals surface area (Å²) in [7, 11) is 0. The molecule has 3 nitrogen and oxygen atoms in total. The van der Waals surface area contributed by atoms with E-state index in [1.807, 2.05) is 6.07 Å². The number of nitrogens with one attached hydrogen (secondary N) is 1. The average Bonchev–Trinajstić information content (AvgIpc) is 2.61. The summed E-state index contributed by atoms with van der Waals surface area (Å²) in [5, 5.41) is 3.32. The van der Waals surface area contributed by atoms with E-state index in [4.69, 9.17) is 11.6 Å². The number of halogens is 2. The summed E-state index contributed by atoms with van der Waals surface area (Å²) in [6.45, 7) is 0.475. The fraction of sp³-hybridized carbons (Fsp3) is 0.111. The van der Waals surface area contributed by atoms with E-state index >= 15 is 0 Å². The summed E-state index contributed by atoms with van der Waals surface area (Å²) in [5.41, 5.74) is 0.832. The van der Waals surface area contributed by atoms with Gasteiger partial charge in [-0.25, -0.2) is 4.39 Å². The SMILES string of the molecule is Fc1cccc(CNc2nsnc2Cl)c1. The topological polar surface area (TPSA) is 37.8 Å². The summed E-state index contributed by atoms with van der Waals surface area (Å²) in [6, 6.07) is 6.35. The van der Waals surface area contributed by atoms with E-state index in [9.17, 15) is 4.39 Å². The third-order valence-corrected chi connectivity index (χ3v) is 2.69. The predicted molar refractivity (Wildman–Crippen MR) is 58.6 cm³/mol. The van der Waals surface area contributed by atoms with Crippen molar-refractivity contribution in [3.05, 3.63) is 40.8 Å². The van der Waals surface area contributed by atoms with Crippen LogP contribution in [0.4, 0.5) is 10.2 Å². The minimum Gasteiger partial charge on any atom is -0.363 e. The molecule has 78 valence electrons. The molecule has 0 amide bonds. The minimum absolute atomic E-state index is 0.253. The fourth-order valence-corrected chi connectivity index (χ4v) is 1.80. The molecule has 15 heavy (non-hydrogen) atoms. The molecule has 0 aliphatic carbocycles. The van der Waals surface area contributed by atoms with Crippen LogP contribution in [0.5, 0.6) is 0 Å². The Kier molecular flexibility index (Phi) is 3.13. The number of hydrogen-bond donors (Lipinski definition) is 1. The normalized spacial score (nSPS) is 10.3. The van der Waals surface area contributed by atoms with Gasteiger partial charge in [0.05, 0.1) is 11.7 Å². The van der Waals surface area contributed by atoms with Gasteiger partial charge in [-0.2, -0.15) is 8.75 Å². The van der Waals surface area contributed by atoms with Gasteiger partial charge < -0.3 is 5.32 Å². The van der Waals surface area contributed by atoms with Crippen molar-refractivity contribution in [2.75, 3.05) is 5.32 Å². The van der Waals surface area contributed by atoms with Crippen LogP contribution in [0.1, 0.15) is 5.56 Å². The number of hydrogen-bond acceptors (Lipinski definition) is 4. The highest BCUT2D eigenvalue weighted by atomic mass is 35.5. The zero-order valence-electron chi connectivity index (χ0n) is 7.58. The zero-order chi connectivity index (χ0) is 10.7. The van der Waals surface area contributed by atoms with E-state index in [-0.39, 0.29) is 5.82 Å². The van der Waals surface area contributed by atoms with Gasteiger partial charge in [0.1, 0.15) is 5.82 Å². The van der Waals surface area contributed by atoms with Crippen molar-refractivity contribution in [2.45, 2.75) is 6.54 Å². The molecule has 1 aromatic heterocycles. The van der Waals surface area contributed by atoms with Crippen LogP contribution in [-0.4, -0.2) is 8.75 Å². The van der Waals surface area contributed by atoms with Crippen molar-refractivity contribution in [2.24, 2.45) is 0 Å². The maximum Gasteiger partial charge on any atom is 0.186 e. The van der Waals surface area contributed by atoms with Crippen LogP contribution in [0.15, 0.2) is 24.3 Å². The standard InChI is InChI=1S/C9H7ClFN3S/c10-8-9(14-15-13-8)12-5-6-2-1-3-7(11)4-6/h1-4H,5H2,(H,12,14). The molecule has 0 aliphatic heterocycles. The van der Waals surface area contributed by atoms with Crippen LogP contribution in [0.3, 0.4) is 0 Å². The Morgan fingerprint density at radius 3 is 2.93 bits per heavy atom. The first kappa shape index (κ1) is 10.3. The molecule has 0 atom stereocenters. The van der Waals surface area contributed by atoms with Crippen molar-refractivity contribution in [1.29, 1.82) is 0 Å². The van der Waals surface area contributed by atoms with E-state index in [0.29, 0.717) is 17.5 Å². The lowest BCUT2D eigenvalue weighted by atomic mass is 10.2. The number of rotatable bonds is 3. The monoisotopic (exact) mass is 243 g/mol. The number of benzene rings is 1. The van der Waals surface area contributed by atoms with Crippen LogP contribution >= 0.6 is 23.3 Å². The van der Waals surface area contributed by atoms with E-state index in [2.05, 4.69) is 14.1 Å². The maximum absolute atomic E-state index is 12.8. The molecule has 0 unspecified atom stereocenters. The summed E-state index contributed by atoms with van der Waals surface area (Å²) in [5.74, 6) is 0.280.